The van der Waals surface area contributed by atoms with Gasteiger partial charge < -0.3 is 5.73 Å². The molecular formula is C9H15ClN2O2S. The first-order chi connectivity index (χ1) is 6.60. The van der Waals surface area contributed by atoms with Gasteiger partial charge in [-0.1, -0.05) is 19.1 Å². The second-order valence-corrected chi connectivity index (χ2v) is 4.62. The summed E-state index contributed by atoms with van der Waals surface area (Å²) in [6.45, 7) is 2.55. The quantitative estimate of drug-likeness (QED) is 0.833. The van der Waals surface area contributed by atoms with Crippen LogP contribution in [0.4, 0.5) is 0 Å². The third kappa shape index (κ3) is 3.79. The molecule has 3 N–H and O–H groups in total. The van der Waals surface area contributed by atoms with Gasteiger partial charge in [-0.25, -0.2) is 13.1 Å². The van der Waals surface area contributed by atoms with E-state index in [9.17, 15) is 8.42 Å². The Kier molecular flexibility index (Phi) is 5.82. The topological polar surface area (TPSA) is 72.2 Å². The standard InChI is InChI=1S/C9H14N2O2S.ClH/c1-2-11-14(12,13)9-5-3-8(7-10)4-6-9;/h3-6,11H,2,7,10H2,1H3;1H. The molecule has 1 aromatic carbocycles. The van der Waals surface area contributed by atoms with E-state index < -0.39 is 10.0 Å². The predicted octanol–water partition coefficient (Wildman–Crippen LogP) is 0.865. The van der Waals surface area contributed by atoms with Gasteiger partial charge in [0.1, 0.15) is 0 Å². The second kappa shape index (κ2) is 6.07. The van der Waals surface area contributed by atoms with Crippen molar-refractivity contribution in [3.63, 3.8) is 0 Å². The molecule has 0 bridgehead atoms. The molecule has 0 saturated heterocycles. The lowest BCUT2D eigenvalue weighted by atomic mass is 10.2. The molecule has 0 aliphatic carbocycles. The van der Waals surface area contributed by atoms with Gasteiger partial charge >= 0.3 is 0 Å². The summed E-state index contributed by atoms with van der Waals surface area (Å²) in [5.74, 6) is 0. The molecule has 0 fully saturated rings. The van der Waals surface area contributed by atoms with Crippen LogP contribution in [-0.2, 0) is 16.6 Å². The third-order valence-corrected chi connectivity index (χ3v) is 3.37. The summed E-state index contributed by atoms with van der Waals surface area (Å²) in [6.07, 6.45) is 0. The lowest BCUT2D eigenvalue weighted by Crippen LogP contribution is -2.23. The summed E-state index contributed by atoms with van der Waals surface area (Å²) in [4.78, 5) is 0.275. The zero-order valence-electron chi connectivity index (χ0n) is 8.43. The summed E-state index contributed by atoms with van der Waals surface area (Å²) >= 11 is 0. The van der Waals surface area contributed by atoms with Gasteiger partial charge in [0.05, 0.1) is 4.90 Å². The number of rotatable bonds is 4. The van der Waals surface area contributed by atoms with Crippen molar-refractivity contribution in [1.82, 2.24) is 4.72 Å². The highest BCUT2D eigenvalue weighted by atomic mass is 35.5. The van der Waals surface area contributed by atoms with Crippen molar-refractivity contribution in [2.24, 2.45) is 5.73 Å². The molecule has 0 aromatic heterocycles. The first kappa shape index (κ1) is 14.4. The van der Waals surface area contributed by atoms with E-state index in [2.05, 4.69) is 4.72 Å². The summed E-state index contributed by atoms with van der Waals surface area (Å²) in [7, 11) is -3.33. The number of halogens is 1. The fourth-order valence-corrected chi connectivity index (χ4v) is 2.12. The first-order valence-corrected chi connectivity index (χ1v) is 5.87. The van der Waals surface area contributed by atoms with E-state index in [1.165, 1.54) is 0 Å². The van der Waals surface area contributed by atoms with Crippen LogP contribution in [0.5, 0.6) is 0 Å². The van der Waals surface area contributed by atoms with Gasteiger partial charge in [0.2, 0.25) is 10.0 Å². The maximum Gasteiger partial charge on any atom is 0.240 e. The molecule has 15 heavy (non-hydrogen) atoms. The molecule has 4 nitrogen and oxygen atoms in total. The second-order valence-electron chi connectivity index (χ2n) is 2.85. The zero-order valence-corrected chi connectivity index (χ0v) is 10.1. The number of benzene rings is 1. The molecule has 0 spiro atoms. The van der Waals surface area contributed by atoms with Crippen molar-refractivity contribution >= 4 is 22.4 Å². The van der Waals surface area contributed by atoms with Crippen LogP contribution in [0.1, 0.15) is 12.5 Å². The highest BCUT2D eigenvalue weighted by Crippen LogP contribution is 2.09. The van der Waals surface area contributed by atoms with Crippen LogP contribution in [0.25, 0.3) is 0 Å². The monoisotopic (exact) mass is 250 g/mol. The molecule has 0 atom stereocenters. The van der Waals surface area contributed by atoms with Crippen molar-refractivity contribution in [3.05, 3.63) is 29.8 Å². The molecule has 1 rings (SSSR count). The van der Waals surface area contributed by atoms with E-state index in [-0.39, 0.29) is 17.3 Å². The molecular weight excluding hydrogens is 236 g/mol. The maximum atomic E-state index is 11.5. The van der Waals surface area contributed by atoms with Crippen LogP contribution in [0.3, 0.4) is 0 Å². The van der Waals surface area contributed by atoms with Crippen molar-refractivity contribution < 1.29 is 8.42 Å². The van der Waals surface area contributed by atoms with E-state index in [4.69, 9.17) is 5.73 Å². The smallest absolute Gasteiger partial charge is 0.240 e. The van der Waals surface area contributed by atoms with Gasteiger partial charge in [0.15, 0.2) is 0 Å². The fraction of sp³-hybridized carbons (Fsp3) is 0.333. The van der Waals surface area contributed by atoms with E-state index in [1.54, 1.807) is 31.2 Å². The van der Waals surface area contributed by atoms with E-state index >= 15 is 0 Å². The van der Waals surface area contributed by atoms with Crippen LogP contribution in [-0.4, -0.2) is 15.0 Å². The summed E-state index contributed by atoms with van der Waals surface area (Å²) in [6, 6.07) is 6.54. The van der Waals surface area contributed by atoms with Gasteiger partial charge in [-0.2, -0.15) is 0 Å². The maximum absolute atomic E-state index is 11.5. The van der Waals surface area contributed by atoms with Crippen LogP contribution in [0.15, 0.2) is 29.2 Å². The minimum atomic E-state index is -3.33. The zero-order chi connectivity index (χ0) is 10.6. The highest BCUT2D eigenvalue weighted by molar-refractivity contribution is 7.89. The Bertz CT molecular complexity index is 389. The fourth-order valence-electron chi connectivity index (χ4n) is 1.08. The molecule has 0 aliphatic rings. The van der Waals surface area contributed by atoms with Gasteiger partial charge in [-0.3, -0.25) is 0 Å². The predicted molar refractivity (Wildman–Crippen MR) is 62.4 cm³/mol. The van der Waals surface area contributed by atoms with Crippen molar-refractivity contribution in [2.75, 3.05) is 6.54 Å². The molecule has 6 heteroatoms. The summed E-state index contributed by atoms with van der Waals surface area (Å²) in [5.41, 5.74) is 6.32. The average Bonchev–Trinajstić information content (AvgIpc) is 2.18. The SMILES string of the molecule is CCNS(=O)(=O)c1ccc(CN)cc1.Cl. The first-order valence-electron chi connectivity index (χ1n) is 4.39. The van der Waals surface area contributed by atoms with Crippen molar-refractivity contribution in [3.8, 4) is 0 Å². The molecule has 1 aromatic rings. The number of hydrogen-bond acceptors (Lipinski definition) is 3. The Balaban J connectivity index is 0.00000196. The number of nitrogens with one attached hydrogen (secondary N) is 1. The number of hydrogen-bond donors (Lipinski definition) is 2. The highest BCUT2D eigenvalue weighted by Gasteiger charge is 2.11. The van der Waals surface area contributed by atoms with Gasteiger partial charge in [0, 0.05) is 13.1 Å². The molecule has 0 amide bonds. The van der Waals surface area contributed by atoms with Crippen LogP contribution < -0.4 is 10.5 Å². The lowest BCUT2D eigenvalue weighted by molar-refractivity contribution is 0.584. The number of sulfonamides is 1. The van der Waals surface area contributed by atoms with E-state index in [0.29, 0.717) is 13.1 Å². The molecule has 0 unspecified atom stereocenters. The largest absolute Gasteiger partial charge is 0.326 e. The molecule has 0 saturated carbocycles. The molecule has 86 valence electrons. The van der Waals surface area contributed by atoms with Gasteiger partial charge in [-0.15, -0.1) is 12.4 Å². The normalized spacial score (nSPS) is 10.8. The Labute approximate surface area is 96.3 Å². The van der Waals surface area contributed by atoms with Crippen molar-refractivity contribution in [1.29, 1.82) is 0 Å². The Morgan fingerprint density at radius 3 is 2.20 bits per heavy atom. The summed E-state index contributed by atoms with van der Waals surface area (Å²) in [5, 5.41) is 0. The minimum Gasteiger partial charge on any atom is -0.326 e. The van der Waals surface area contributed by atoms with E-state index in [0.717, 1.165) is 5.56 Å². The number of nitrogens with two attached hydrogens (primary N) is 1. The van der Waals surface area contributed by atoms with Crippen molar-refractivity contribution in [2.45, 2.75) is 18.4 Å². The Morgan fingerprint density at radius 1 is 1.27 bits per heavy atom. The van der Waals surface area contributed by atoms with Crippen LogP contribution in [0, 0.1) is 0 Å². The summed E-state index contributed by atoms with van der Waals surface area (Å²) < 4.78 is 25.4. The molecule has 0 heterocycles. The van der Waals surface area contributed by atoms with E-state index in [1.807, 2.05) is 0 Å². The lowest BCUT2D eigenvalue weighted by Gasteiger charge is -2.04. The Hall–Kier alpha value is -0.620. The minimum absolute atomic E-state index is 0. The molecule has 0 aliphatic heterocycles. The van der Waals surface area contributed by atoms with Gasteiger partial charge in [-0.05, 0) is 17.7 Å². The van der Waals surface area contributed by atoms with Gasteiger partial charge in [0.25, 0.3) is 0 Å². The average molecular weight is 251 g/mol. The van der Waals surface area contributed by atoms with Crippen LogP contribution >= 0.6 is 12.4 Å². The van der Waals surface area contributed by atoms with Crippen LogP contribution in [0.2, 0.25) is 0 Å². The third-order valence-electron chi connectivity index (χ3n) is 1.80. The Morgan fingerprint density at radius 2 is 1.80 bits per heavy atom. The molecule has 0 radical (unpaired) electrons.